The maximum Gasteiger partial charge on any atom is 0.255 e. The third-order valence-corrected chi connectivity index (χ3v) is 3.31. The number of halogens is 2. The molecule has 7 heteroatoms. The van der Waals surface area contributed by atoms with Crippen molar-refractivity contribution in [3.05, 3.63) is 65.4 Å². The standard InChI is InChI=1S/C16H10F2N2O3/c17-9-3-1-8(2-4-9)15(21)20-13-11-7-10(18)5-6-12(11)19-14(13)16(22)23/h1-7,19H,(H,20,21)(H,22,23)/p-1. The number of hydrogen-bond acceptors (Lipinski definition) is 3. The highest BCUT2D eigenvalue weighted by Gasteiger charge is 2.16. The van der Waals surface area contributed by atoms with Crippen LogP contribution < -0.4 is 10.4 Å². The van der Waals surface area contributed by atoms with Crippen LogP contribution in [-0.4, -0.2) is 16.9 Å². The summed E-state index contributed by atoms with van der Waals surface area (Å²) in [7, 11) is 0. The van der Waals surface area contributed by atoms with Crippen LogP contribution in [0.25, 0.3) is 10.9 Å². The topological polar surface area (TPSA) is 85.0 Å². The Morgan fingerprint density at radius 1 is 1.00 bits per heavy atom. The summed E-state index contributed by atoms with van der Waals surface area (Å²) in [4.78, 5) is 25.9. The van der Waals surface area contributed by atoms with Crippen molar-refractivity contribution in [1.29, 1.82) is 0 Å². The molecule has 2 N–H and O–H groups in total. The minimum atomic E-state index is -1.55. The van der Waals surface area contributed by atoms with E-state index >= 15 is 0 Å². The molecule has 0 atom stereocenters. The van der Waals surface area contributed by atoms with Crippen molar-refractivity contribution in [2.75, 3.05) is 5.32 Å². The number of nitrogens with one attached hydrogen (secondary N) is 2. The fourth-order valence-corrected chi connectivity index (χ4v) is 2.23. The lowest BCUT2D eigenvalue weighted by Crippen LogP contribution is -2.25. The van der Waals surface area contributed by atoms with E-state index in [-0.39, 0.29) is 22.3 Å². The first kappa shape index (κ1) is 14.7. The zero-order chi connectivity index (χ0) is 16.6. The fourth-order valence-electron chi connectivity index (χ4n) is 2.23. The lowest BCUT2D eigenvalue weighted by atomic mass is 10.1. The molecule has 1 amide bonds. The molecule has 5 nitrogen and oxygen atoms in total. The molecule has 23 heavy (non-hydrogen) atoms. The van der Waals surface area contributed by atoms with Gasteiger partial charge in [-0.3, -0.25) is 4.79 Å². The van der Waals surface area contributed by atoms with Crippen molar-refractivity contribution in [3.8, 4) is 0 Å². The highest BCUT2D eigenvalue weighted by molar-refractivity contribution is 6.14. The first-order valence-corrected chi connectivity index (χ1v) is 6.55. The molecule has 1 heterocycles. The Hall–Kier alpha value is -3.22. The van der Waals surface area contributed by atoms with E-state index in [0.717, 1.165) is 24.3 Å². The molecule has 0 unspecified atom stereocenters. The molecule has 0 bridgehead atoms. The van der Waals surface area contributed by atoms with Gasteiger partial charge in [0.2, 0.25) is 0 Å². The summed E-state index contributed by atoms with van der Waals surface area (Å²) in [5.74, 6) is -3.29. The number of carboxylic acids is 1. The minimum Gasteiger partial charge on any atom is -0.543 e. The van der Waals surface area contributed by atoms with Gasteiger partial charge in [0.05, 0.1) is 17.4 Å². The van der Waals surface area contributed by atoms with Crippen molar-refractivity contribution < 1.29 is 23.5 Å². The Bertz CT molecular complexity index is 917. The molecule has 0 saturated heterocycles. The van der Waals surface area contributed by atoms with Crippen LogP contribution in [0, 0.1) is 11.6 Å². The average molecular weight is 315 g/mol. The van der Waals surface area contributed by atoms with E-state index in [1.165, 1.54) is 18.2 Å². The molecule has 0 saturated carbocycles. The number of aromatic amines is 1. The summed E-state index contributed by atoms with van der Waals surface area (Å²) >= 11 is 0. The van der Waals surface area contributed by atoms with E-state index in [4.69, 9.17) is 0 Å². The zero-order valence-electron chi connectivity index (χ0n) is 11.5. The Labute approximate surface area is 128 Å². The first-order chi connectivity index (χ1) is 11.0. The van der Waals surface area contributed by atoms with Crippen LogP contribution in [0.4, 0.5) is 14.5 Å². The van der Waals surface area contributed by atoms with Gasteiger partial charge < -0.3 is 20.2 Å². The van der Waals surface area contributed by atoms with Crippen molar-refractivity contribution in [1.82, 2.24) is 4.98 Å². The molecule has 0 aliphatic heterocycles. The van der Waals surface area contributed by atoms with Gasteiger partial charge in [-0.25, -0.2) is 8.78 Å². The van der Waals surface area contributed by atoms with E-state index in [1.54, 1.807) is 0 Å². The molecular formula is C16H9F2N2O3-. The van der Waals surface area contributed by atoms with Gasteiger partial charge in [0.1, 0.15) is 11.6 Å². The van der Waals surface area contributed by atoms with Crippen LogP contribution in [0.2, 0.25) is 0 Å². The Morgan fingerprint density at radius 2 is 1.65 bits per heavy atom. The summed E-state index contributed by atoms with van der Waals surface area (Å²) in [6.07, 6.45) is 0. The van der Waals surface area contributed by atoms with Crippen LogP contribution in [0.5, 0.6) is 0 Å². The predicted molar refractivity (Wildman–Crippen MR) is 76.9 cm³/mol. The number of fused-ring (bicyclic) bond motifs is 1. The number of aromatic nitrogens is 1. The van der Waals surface area contributed by atoms with Crippen molar-refractivity contribution >= 4 is 28.5 Å². The number of amides is 1. The summed E-state index contributed by atoms with van der Waals surface area (Å²) in [5, 5.41) is 13.8. The molecule has 0 radical (unpaired) electrons. The largest absolute Gasteiger partial charge is 0.543 e. The van der Waals surface area contributed by atoms with Crippen molar-refractivity contribution in [2.45, 2.75) is 0 Å². The molecule has 0 fully saturated rings. The summed E-state index contributed by atoms with van der Waals surface area (Å²) in [5.41, 5.74) is -0.0173. The van der Waals surface area contributed by atoms with Crippen LogP contribution in [0.3, 0.4) is 0 Å². The summed E-state index contributed by atoms with van der Waals surface area (Å²) in [6, 6.07) is 8.30. The fraction of sp³-hybridized carbons (Fsp3) is 0. The number of benzene rings is 2. The molecule has 0 spiro atoms. The molecular weight excluding hydrogens is 306 g/mol. The van der Waals surface area contributed by atoms with Crippen molar-refractivity contribution in [3.63, 3.8) is 0 Å². The van der Waals surface area contributed by atoms with Gasteiger partial charge in [-0.05, 0) is 42.5 Å². The molecule has 1 aromatic heterocycles. The maximum absolute atomic E-state index is 13.4. The number of carbonyl (C=O) groups excluding carboxylic acids is 2. The van der Waals surface area contributed by atoms with Gasteiger partial charge in [-0.1, -0.05) is 0 Å². The van der Waals surface area contributed by atoms with E-state index in [0.29, 0.717) is 5.52 Å². The zero-order valence-corrected chi connectivity index (χ0v) is 11.5. The monoisotopic (exact) mass is 315 g/mol. The average Bonchev–Trinajstić information content (AvgIpc) is 2.86. The number of carboxylic acid groups (broad SMARTS) is 1. The first-order valence-electron chi connectivity index (χ1n) is 6.55. The Balaban J connectivity index is 2.05. The van der Waals surface area contributed by atoms with E-state index in [9.17, 15) is 23.5 Å². The molecule has 116 valence electrons. The second-order valence-electron chi connectivity index (χ2n) is 4.81. The molecule has 0 aliphatic carbocycles. The molecule has 3 rings (SSSR count). The highest BCUT2D eigenvalue weighted by Crippen LogP contribution is 2.28. The van der Waals surface area contributed by atoms with E-state index in [2.05, 4.69) is 10.3 Å². The number of carbonyl (C=O) groups is 2. The smallest absolute Gasteiger partial charge is 0.255 e. The quantitative estimate of drug-likeness (QED) is 0.776. The maximum atomic E-state index is 13.4. The number of H-pyrrole nitrogens is 1. The van der Waals surface area contributed by atoms with Gasteiger partial charge in [0, 0.05) is 16.5 Å². The summed E-state index contributed by atoms with van der Waals surface area (Å²) in [6.45, 7) is 0. The van der Waals surface area contributed by atoms with E-state index < -0.39 is 23.5 Å². The second kappa shape index (κ2) is 5.53. The summed E-state index contributed by atoms with van der Waals surface area (Å²) < 4.78 is 26.3. The van der Waals surface area contributed by atoms with E-state index in [1.807, 2.05) is 0 Å². The minimum absolute atomic E-state index is 0.103. The third-order valence-electron chi connectivity index (χ3n) is 3.31. The van der Waals surface area contributed by atoms with Gasteiger partial charge in [-0.2, -0.15) is 0 Å². The highest BCUT2D eigenvalue weighted by atomic mass is 19.1. The molecule has 2 aromatic carbocycles. The molecule has 0 aliphatic rings. The number of hydrogen-bond donors (Lipinski definition) is 2. The van der Waals surface area contributed by atoms with Crippen LogP contribution in [0.15, 0.2) is 42.5 Å². The van der Waals surface area contributed by atoms with Crippen LogP contribution >= 0.6 is 0 Å². The van der Waals surface area contributed by atoms with Gasteiger partial charge in [-0.15, -0.1) is 0 Å². The third kappa shape index (κ3) is 2.76. The number of anilines is 1. The SMILES string of the molecule is O=C(Nc1c(C(=O)[O-])[nH]c2ccc(F)cc12)c1ccc(F)cc1. The van der Waals surface area contributed by atoms with Crippen molar-refractivity contribution in [2.24, 2.45) is 0 Å². The number of aromatic carboxylic acids is 1. The van der Waals surface area contributed by atoms with Gasteiger partial charge in [0.25, 0.3) is 5.91 Å². The predicted octanol–water partition coefficient (Wildman–Crippen LogP) is 2.06. The van der Waals surface area contributed by atoms with Gasteiger partial charge in [0.15, 0.2) is 0 Å². The second-order valence-corrected chi connectivity index (χ2v) is 4.81. The van der Waals surface area contributed by atoms with Gasteiger partial charge >= 0.3 is 0 Å². The number of rotatable bonds is 3. The molecule has 3 aromatic rings. The normalized spacial score (nSPS) is 10.7. The lowest BCUT2D eigenvalue weighted by Gasteiger charge is -2.08. The Morgan fingerprint density at radius 3 is 2.30 bits per heavy atom. The lowest BCUT2D eigenvalue weighted by molar-refractivity contribution is -0.255. The van der Waals surface area contributed by atoms with Crippen LogP contribution in [0.1, 0.15) is 20.8 Å². The Kier molecular flexibility index (Phi) is 3.53. The van der Waals surface area contributed by atoms with Crippen LogP contribution in [-0.2, 0) is 0 Å².